The van der Waals surface area contributed by atoms with E-state index in [1.807, 2.05) is 6.92 Å². The van der Waals surface area contributed by atoms with Crippen molar-refractivity contribution in [1.29, 1.82) is 0 Å². The van der Waals surface area contributed by atoms with E-state index in [2.05, 4.69) is 15.4 Å². The van der Waals surface area contributed by atoms with E-state index in [-0.39, 0.29) is 23.6 Å². The van der Waals surface area contributed by atoms with Gasteiger partial charge in [-0.1, -0.05) is 19.1 Å². The smallest absolute Gasteiger partial charge is 0.353 e. The first-order valence-electron chi connectivity index (χ1n) is 12.7. The summed E-state index contributed by atoms with van der Waals surface area (Å²) in [5.74, 6) is -0.381. The van der Waals surface area contributed by atoms with E-state index < -0.39 is 11.5 Å². The number of nitrogens with one attached hydrogen (secondary N) is 1. The highest BCUT2D eigenvalue weighted by Gasteiger charge is 2.33. The number of hydrogen-bond acceptors (Lipinski definition) is 6. The van der Waals surface area contributed by atoms with Gasteiger partial charge < -0.3 is 10.1 Å². The number of hydrogen-bond donors (Lipinski definition) is 1. The number of anilines is 2. The molecule has 0 bridgehead atoms. The number of pyridine rings is 1. The number of rotatable bonds is 7. The SMILES string of the molecule is CCc1c(-c2ccc(-n3c(OC)nn(C)c3=O)c(F)c2)ccnc1N1CCN(c2cccc(C(=O)NC)c2)C1=O. The molecule has 0 atom stereocenters. The fraction of sp³-hybridized carbons (Fsp3) is 0.250. The quantitative estimate of drug-likeness (QED) is 0.382. The third-order valence-electron chi connectivity index (χ3n) is 6.88. The van der Waals surface area contributed by atoms with Gasteiger partial charge in [-0.15, -0.1) is 5.10 Å². The number of halogens is 1. The van der Waals surface area contributed by atoms with Crippen LogP contribution in [0.3, 0.4) is 0 Å². The molecule has 40 heavy (non-hydrogen) atoms. The molecule has 0 unspecified atom stereocenters. The first-order valence-corrected chi connectivity index (χ1v) is 12.7. The molecule has 1 N–H and O–H groups in total. The fourth-order valence-corrected chi connectivity index (χ4v) is 4.90. The van der Waals surface area contributed by atoms with Crippen molar-refractivity contribution >= 4 is 23.4 Å². The number of carbonyl (C=O) groups is 2. The summed E-state index contributed by atoms with van der Waals surface area (Å²) in [4.78, 5) is 45.9. The van der Waals surface area contributed by atoms with Gasteiger partial charge in [-0.3, -0.25) is 14.6 Å². The van der Waals surface area contributed by atoms with E-state index >= 15 is 4.39 Å². The van der Waals surface area contributed by atoms with Gasteiger partial charge in [0.25, 0.3) is 5.91 Å². The van der Waals surface area contributed by atoms with Crippen LogP contribution in [0.15, 0.2) is 59.5 Å². The molecule has 1 aliphatic rings. The molecule has 1 aliphatic heterocycles. The molecule has 0 radical (unpaired) electrons. The number of amides is 3. The van der Waals surface area contributed by atoms with Crippen LogP contribution in [0.5, 0.6) is 6.01 Å². The number of nitrogens with zero attached hydrogens (tertiary/aromatic N) is 6. The molecule has 2 aromatic heterocycles. The molecule has 5 rings (SSSR count). The minimum absolute atomic E-state index is 0.00961. The average Bonchev–Trinajstić information content (AvgIpc) is 3.50. The van der Waals surface area contributed by atoms with Crippen molar-refractivity contribution in [2.45, 2.75) is 13.3 Å². The lowest BCUT2D eigenvalue weighted by atomic mass is 9.98. The highest BCUT2D eigenvalue weighted by Crippen LogP contribution is 2.34. The van der Waals surface area contributed by atoms with Gasteiger partial charge in [0, 0.05) is 50.2 Å². The molecule has 4 aromatic rings. The van der Waals surface area contributed by atoms with E-state index in [1.165, 1.54) is 26.3 Å². The van der Waals surface area contributed by atoms with E-state index in [4.69, 9.17) is 4.74 Å². The van der Waals surface area contributed by atoms with Gasteiger partial charge in [0.2, 0.25) is 0 Å². The summed E-state index contributed by atoms with van der Waals surface area (Å²) in [6, 6.07) is 12.9. The number of methoxy groups -OCH3 is 1. The largest absolute Gasteiger partial charge is 0.467 e. The Balaban J connectivity index is 1.49. The van der Waals surface area contributed by atoms with Gasteiger partial charge in [-0.2, -0.15) is 0 Å². The number of urea groups is 1. The van der Waals surface area contributed by atoms with Gasteiger partial charge in [-0.25, -0.2) is 28.2 Å². The fourth-order valence-electron chi connectivity index (χ4n) is 4.90. The number of ether oxygens (including phenoxy) is 1. The van der Waals surface area contributed by atoms with E-state index in [0.717, 1.165) is 20.4 Å². The van der Waals surface area contributed by atoms with E-state index in [1.54, 1.807) is 59.4 Å². The molecule has 12 heteroatoms. The van der Waals surface area contributed by atoms with Crippen LogP contribution in [-0.4, -0.2) is 58.5 Å². The Morgan fingerprint density at radius 1 is 1.10 bits per heavy atom. The lowest BCUT2D eigenvalue weighted by molar-refractivity contribution is 0.0963. The molecule has 0 spiro atoms. The highest BCUT2D eigenvalue weighted by atomic mass is 19.1. The molecule has 1 saturated heterocycles. The molecule has 0 aliphatic carbocycles. The van der Waals surface area contributed by atoms with Crippen LogP contribution in [0.2, 0.25) is 0 Å². The van der Waals surface area contributed by atoms with Crippen LogP contribution in [-0.2, 0) is 13.5 Å². The Morgan fingerprint density at radius 2 is 1.88 bits per heavy atom. The van der Waals surface area contributed by atoms with Crippen molar-refractivity contribution in [1.82, 2.24) is 24.6 Å². The summed E-state index contributed by atoms with van der Waals surface area (Å²) in [5.41, 5.74) is 2.60. The Hall–Kier alpha value is -5.00. The van der Waals surface area contributed by atoms with Crippen LogP contribution < -0.4 is 25.5 Å². The molecular weight excluding hydrogens is 517 g/mol. The van der Waals surface area contributed by atoms with E-state index in [9.17, 15) is 14.4 Å². The summed E-state index contributed by atoms with van der Waals surface area (Å²) < 4.78 is 22.7. The lowest BCUT2D eigenvalue weighted by Crippen LogP contribution is -2.33. The van der Waals surface area contributed by atoms with E-state index in [0.29, 0.717) is 42.1 Å². The monoisotopic (exact) mass is 545 g/mol. The zero-order valence-electron chi connectivity index (χ0n) is 22.5. The summed E-state index contributed by atoms with van der Waals surface area (Å²) in [6.07, 6.45) is 2.13. The highest BCUT2D eigenvalue weighted by molar-refractivity contribution is 6.07. The van der Waals surface area contributed by atoms with Gasteiger partial charge >= 0.3 is 17.7 Å². The zero-order valence-corrected chi connectivity index (χ0v) is 22.5. The Bertz CT molecular complexity index is 1680. The molecule has 3 amide bonds. The Labute approximate surface area is 229 Å². The van der Waals surface area contributed by atoms with Crippen LogP contribution in [0, 0.1) is 5.82 Å². The predicted molar refractivity (Wildman–Crippen MR) is 148 cm³/mol. The standard InChI is InChI=1S/C28H28FN7O4/c1-5-20-21(17-9-10-23(22(29)16-17)36-26(40-4)32-33(3)27(36)38)11-12-31-24(20)35-14-13-34(28(35)39)19-8-6-7-18(15-19)25(37)30-2/h6-12,15-16H,5,13-14H2,1-4H3,(H,30,37). The first kappa shape index (κ1) is 26.6. The number of aryl methyl sites for hydroxylation is 1. The van der Waals surface area contributed by atoms with Gasteiger partial charge in [0.1, 0.15) is 11.6 Å². The van der Waals surface area contributed by atoms with Crippen LogP contribution >= 0.6 is 0 Å². The van der Waals surface area contributed by atoms with Crippen LogP contribution in [0.1, 0.15) is 22.8 Å². The Kier molecular flexibility index (Phi) is 7.07. The third-order valence-corrected chi connectivity index (χ3v) is 6.88. The summed E-state index contributed by atoms with van der Waals surface area (Å²) in [5, 5.41) is 6.56. The van der Waals surface area contributed by atoms with Gasteiger partial charge in [-0.05, 0) is 53.9 Å². The second-order valence-corrected chi connectivity index (χ2v) is 9.12. The average molecular weight is 546 g/mol. The van der Waals surface area contributed by atoms with Crippen molar-refractivity contribution < 1.29 is 18.7 Å². The van der Waals surface area contributed by atoms with Crippen molar-refractivity contribution in [2.75, 3.05) is 37.0 Å². The molecular formula is C28H28FN7O4. The number of carbonyl (C=O) groups excluding carboxylic acids is 2. The topological polar surface area (TPSA) is 115 Å². The number of aromatic nitrogens is 4. The second kappa shape index (κ2) is 10.6. The normalized spacial score (nSPS) is 13.2. The Morgan fingerprint density at radius 3 is 2.58 bits per heavy atom. The minimum atomic E-state index is -0.634. The molecule has 0 saturated carbocycles. The molecule has 1 fully saturated rings. The summed E-state index contributed by atoms with van der Waals surface area (Å²) in [6.45, 7) is 2.75. The van der Waals surface area contributed by atoms with Gasteiger partial charge in [0.05, 0.1) is 12.8 Å². The summed E-state index contributed by atoms with van der Waals surface area (Å²) in [7, 11) is 4.37. The number of benzene rings is 2. The van der Waals surface area contributed by atoms with Crippen molar-refractivity contribution in [3.63, 3.8) is 0 Å². The summed E-state index contributed by atoms with van der Waals surface area (Å²) >= 11 is 0. The molecule has 3 heterocycles. The van der Waals surface area contributed by atoms with Crippen molar-refractivity contribution in [3.05, 3.63) is 82.2 Å². The lowest BCUT2D eigenvalue weighted by Gasteiger charge is -2.22. The van der Waals surface area contributed by atoms with Crippen LogP contribution in [0.25, 0.3) is 16.8 Å². The maximum Gasteiger partial charge on any atom is 0.353 e. The maximum absolute atomic E-state index is 15.4. The van der Waals surface area contributed by atoms with Gasteiger partial charge in [0.15, 0.2) is 0 Å². The third kappa shape index (κ3) is 4.46. The maximum atomic E-state index is 15.4. The van der Waals surface area contributed by atoms with Crippen molar-refractivity contribution in [3.8, 4) is 22.8 Å². The molecule has 11 nitrogen and oxygen atoms in total. The predicted octanol–water partition coefficient (Wildman–Crippen LogP) is 3.15. The minimum Gasteiger partial charge on any atom is -0.467 e. The zero-order chi connectivity index (χ0) is 28.6. The van der Waals surface area contributed by atoms with Crippen molar-refractivity contribution in [2.24, 2.45) is 7.05 Å². The van der Waals surface area contributed by atoms with Crippen LogP contribution in [0.4, 0.5) is 20.7 Å². The molecule has 2 aromatic carbocycles. The first-order chi connectivity index (χ1) is 19.3. The second-order valence-electron chi connectivity index (χ2n) is 9.12. The molecule has 206 valence electrons.